The number of fused-ring (bicyclic) bond motifs is 1. The van der Waals surface area contributed by atoms with Crippen LogP contribution in [-0.4, -0.2) is 19.9 Å². The first-order chi connectivity index (χ1) is 14.8. The van der Waals surface area contributed by atoms with Crippen molar-refractivity contribution in [3.63, 3.8) is 0 Å². The molecular weight excluding hydrogens is 374 g/mol. The van der Waals surface area contributed by atoms with E-state index in [0.717, 1.165) is 28.0 Å². The van der Waals surface area contributed by atoms with Crippen molar-refractivity contribution in [2.75, 3.05) is 5.32 Å². The van der Waals surface area contributed by atoms with E-state index < -0.39 is 0 Å². The monoisotopic (exact) mass is 393 g/mol. The molecule has 1 N–H and O–H groups in total. The van der Waals surface area contributed by atoms with Gasteiger partial charge in [-0.3, -0.25) is 9.97 Å². The molecule has 0 aliphatic carbocycles. The van der Waals surface area contributed by atoms with Gasteiger partial charge in [-0.2, -0.15) is 0 Å². The molecule has 0 bridgehead atoms. The lowest BCUT2D eigenvalue weighted by molar-refractivity contribution is 0.570. The molecule has 0 aliphatic heterocycles. The third-order valence-electron chi connectivity index (χ3n) is 4.98. The minimum absolute atomic E-state index is 0.646. The van der Waals surface area contributed by atoms with Crippen molar-refractivity contribution in [1.82, 2.24) is 19.9 Å². The Hall–Kier alpha value is -4.06. The number of hydrogen-bond acceptors (Lipinski definition) is 6. The van der Waals surface area contributed by atoms with Crippen LogP contribution in [0.3, 0.4) is 0 Å². The molecular formula is C24H19N5O. The molecule has 0 amide bonds. The summed E-state index contributed by atoms with van der Waals surface area (Å²) < 4.78 is 5.34. The normalized spacial score (nSPS) is 11.0. The van der Waals surface area contributed by atoms with Crippen molar-refractivity contribution < 1.29 is 4.42 Å². The summed E-state index contributed by atoms with van der Waals surface area (Å²) in [6.45, 7) is 2.67. The van der Waals surface area contributed by atoms with Crippen LogP contribution >= 0.6 is 0 Å². The predicted molar refractivity (Wildman–Crippen MR) is 117 cm³/mol. The summed E-state index contributed by atoms with van der Waals surface area (Å²) >= 11 is 0. The maximum atomic E-state index is 5.34. The Morgan fingerprint density at radius 2 is 1.73 bits per heavy atom. The number of nitrogens with one attached hydrogen (secondary N) is 1. The quantitative estimate of drug-likeness (QED) is 0.438. The second-order valence-electron chi connectivity index (χ2n) is 7.05. The Labute approximate surface area is 173 Å². The SMILES string of the molecule is Cc1cc(-c2ccc(CNc3nccc4cc(-c5cnco5)ncc34)cc2)ccn1. The Morgan fingerprint density at radius 3 is 2.53 bits per heavy atom. The molecule has 0 aliphatic rings. The molecule has 1 aromatic carbocycles. The molecule has 4 heterocycles. The standard InChI is InChI=1S/C24H19N5O/c1-16-10-19(6-8-26-16)18-4-2-17(3-5-18)12-29-24-21-13-28-22(23-14-25-15-30-23)11-20(21)7-9-27-24/h2-11,13-15H,12H2,1H3,(H,27,29). The maximum Gasteiger partial charge on any atom is 0.181 e. The van der Waals surface area contributed by atoms with Gasteiger partial charge in [-0.15, -0.1) is 0 Å². The van der Waals surface area contributed by atoms with Crippen molar-refractivity contribution >= 4 is 16.6 Å². The van der Waals surface area contributed by atoms with Gasteiger partial charge in [0.2, 0.25) is 0 Å². The third kappa shape index (κ3) is 3.63. The zero-order valence-electron chi connectivity index (χ0n) is 16.4. The first-order valence-electron chi connectivity index (χ1n) is 9.66. The lowest BCUT2D eigenvalue weighted by Gasteiger charge is -2.10. The maximum absolute atomic E-state index is 5.34. The average molecular weight is 393 g/mol. The van der Waals surface area contributed by atoms with Crippen molar-refractivity contribution in [2.24, 2.45) is 0 Å². The molecule has 0 unspecified atom stereocenters. The molecule has 4 aromatic heterocycles. The van der Waals surface area contributed by atoms with Crippen molar-refractivity contribution in [3.8, 4) is 22.6 Å². The summed E-state index contributed by atoms with van der Waals surface area (Å²) in [6, 6.07) is 16.6. The lowest BCUT2D eigenvalue weighted by Crippen LogP contribution is -2.02. The first kappa shape index (κ1) is 18.0. The zero-order valence-corrected chi connectivity index (χ0v) is 16.4. The van der Waals surface area contributed by atoms with Gasteiger partial charge >= 0.3 is 0 Å². The van der Waals surface area contributed by atoms with Crippen LogP contribution < -0.4 is 5.32 Å². The van der Waals surface area contributed by atoms with E-state index in [1.54, 1.807) is 12.4 Å². The minimum atomic E-state index is 0.646. The Bertz CT molecular complexity index is 1300. The van der Waals surface area contributed by atoms with Gasteiger partial charge in [0.25, 0.3) is 0 Å². The molecule has 6 nitrogen and oxygen atoms in total. The number of oxazole rings is 1. The third-order valence-corrected chi connectivity index (χ3v) is 4.98. The van der Waals surface area contributed by atoms with Gasteiger partial charge in [-0.05, 0) is 53.3 Å². The van der Waals surface area contributed by atoms with Crippen molar-refractivity contribution in [2.45, 2.75) is 13.5 Å². The van der Waals surface area contributed by atoms with E-state index in [1.807, 2.05) is 37.5 Å². The molecule has 146 valence electrons. The van der Waals surface area contributed by atoms with Gasteiger partial charge in [0.1, 0.15) is 11.5 Å². The number of hydrogen-bond donors (Lipinski definition) is 1. The van der Waals surface area contributed by atoms with Gasteiger partial charge in [0.15, 0.2) is 12.2 Å². The van der Waals surface area contributed by atoms with Crippen LogP contribution in [0.15, 0.2) is 84.1 Å². The molecule has 0 radical (unpaired) electrons. The highest BCUT2D eigenvalue weighted by atomic mass is 16.3. The van der Waals surface area contributed by atoms with Crippen LogP contribution in [0.25, 0.3) is 33.4 Å². The van der Waals surface area contributed by atoms with Gasteiger partial charge in [0, 0.05) is 36.2 Å². The largest absolute Gasteiger partial charge is 0.442 e. The van der Waals surface area contributed by atoms with E-state index >= 15 is 0 Å². The van der Waals surface area contributed by atoms with E-state index in [2.05, 4.69) is 55.6 Å². The van der Waals surface area contributed by atoms with Gasteiger partial charge in [0.05, 0.1) is 6.20 Å². The van der Waals surface area contributed by atoms with Crippen LogP contribution in [0.2, 0.25) is 0 Å². The van der Waals surface area contributed by atoms with E-state index in [0.29, 0.717) is 12.3 Å². The smallest absolute Gasteiger partial charge is 0.181 e. The molecule has 0 spiro atoms. The van der Waals surface area contributed by atoms with Crippen molar-refractivity contribution in [3.05, 3.63) is 91.0 Å². The first-order valence-corrected chi connectivity index (χ1v) is 9.66. The molecule has 0 atom stereocenters. The molecule has 0 saturated heterocycles. The minimum Gasteiger partial charge on any atom is -0.442 e. The van der Waals surface area contributed by atoms with Crippen LogP contribution in [0.4, 0.5) is 5.82 Å². The van der Waals surface area contributed by atoms with Crippen LogP contribution in [-0.2, 0) is 6.54 Å². The number of nitrogens with zero attached hydrogens (tertiary/aromatic N) is 4. The number of aryl methyl sites for hydroxylation is 1. The van der Waals surface area contributed by atoms with Crippen LogP contribution in [0, 0.1) is 6.92 Å². The Morgan fingerprint density at radius 1 is 0.867 bits per heavy atom. The van der Waals surface area contributed by atoms with E-state index in [1.165, 1.54) is 23.1 Å². The fourth-order valence-electron chi connectivity index (χ4n) is 3.41. The van der Waals surface area contributed by atoms with Crippen LogP contribution in [0.5, 0.6) is 0 Å². The van der Waals surface area contributed by atoms with E-state index in [9.17, 15) is 0 Å². The number of aromatic nitrogens is 4. The predicted octanol–water partition coefficient (Wildman–Crippen LogP) is 5.27. The summed E-state index contributed by atoms with van der Waals surface area (Å²) in [7, 11) is 0. The van der Waals surface area contributed by atoms with Crippen molar-refractivity contribution in [1.29, 1.82) is 0 Å². The molecule has 30 heavy (non-hydrogen) atoms. The lowest BCUT2D eigenvalue weighted by atomic mass is 10.0. The molecule has 6 heteroatoms. The van der Waals surface area contributed by atoms with Crippen LogP contribution in [0.1, 0.15) is 11.3 Å². The molecule has 0 fully saturated rings. The molecule has 5 rings (SSSR count). The fraction of sp³-hybridized carbons (Fsp3) is 0.0833. The van der Waals surface area contributed by atoms with Gasteiger partial charge in [-0.1, -0.05) is 24.3 Å². The van der Waals surface area contributed by atoms with E-state index in [4.69, 9.17) is 4.42 Å². The second-order valence-corrected chi connectivity index (χ2v) is 7.05. The number of pyridine rings is 3. The van der Waals surface area contributed by atoms with Gasteiger partial charge < -0.3 is 9.73 Å². The highest BCUT2D eigenvalue weighted by Crippen LogP contribution is 2.26. The number of benzene rings is 1. The number of rotatable bonds is 5. The summed E-state index contributed by atoms with van der Waals surface area (Å²) in [5.41, 5.74) is 5.29. The Kier molecular flexibility index (Phi) is 4.65. The van der Waals surface area contributed by atoms with Gasteiger partial charge in [-0.25, -0.2) is 9.97 Å². The second kappa shape index (κ2) is 7.75. The molecule has 5 aromatic rings. The fourth-order valence-corrected chi connectivity index (χ4v) is 3.41. The Balaban J connectivity index is 1.35. The summed E-state index contributed by atoms with van der Waals surface area (Å²) in [4.78, 5) is 17.2. The topological polar surface area (TPSA) is 76.7 Å². The molecule has 0 saturated carbocycles. The number of anilines is 1. The highest BCUT2D eigenvalue weighted by Gasteiger charge is 2.08. The summed E-state index contributed by atoms with van der Waals surface area (Å²) in [6.07, 6.45) is 8.52. The highest BCUT2D eigenvalue weighted by molar-refractivity contribution is 5.92. The summed E-state index contributed by atoms with van der Waals surface area (Å²) in [5, 5.41) is 5.43. The summed E-state index contributed by atoms with van der Waals surface area (Å²) in [5.74, 6) is 1.45. The zero-order chi connectivity index (χ0) is 20.3. The van der Waals surface area contributed by atoms with E-state index in [-0.39, 0.29) is 0 Å². The average Bonchev–Trinajstić information content (AvgIpc) is 3.33.